The number of β-amino-alcohol motifs (C(OH)–C–C–N with tert-alkyl or cyclic N) is 1. The van der Waals surface area contributed by atoms with E-state index in [4.69, 9.17) is 15.3 Å². The zero-order valence-corrected chi connectivity index (χ0v) is 7.25. The van der Waals surface area contributed by atoms with Crippen molar-refractivity contribution >= 4 is 12.1 Å². The van der Waals surface area contributed by atoms with Crippen LogP contribution in [0.3, 0.4) is 0 Å². The maximum absolute atomic E-state index is 10.6. The van der Waals surface area contributed by atoms with Crippen LogP contribution in [0.5, 0.6) is 0 Å². The minimum Gasteiger partial charge on any atom is -0.480 e. The Bertz CT molecular complexity index is 243. The van der Waals surface area contributed by atoms with Gasteiger partial charge in [0.2, 0.25) is 0 Å². The molecule has 7 nitrogen and oxygen atoms in total. The van der Waals surface area contributed by atoms with Gasteiger partial charge in [-0.3, -0.25) is 4.90 Å². The molecule has 1 rings (SSSR count). The van der Waals surface area contributed by atoms with Crippen LogP contribution in [0.4, 0.5) is 4.79 Å². The molecule has 0 aromatic rings. The highest BCUT2D eigenvalue weighted by Gasteiger charge is 2.47. The highest BCUT2D eigenvalue weighted by Crippen LogP contribution is 2.26. The zero-order valence-electron chi connectivity index (χ0n) is 7.25. The lowest BCUT2D eigenvalue weighted by molar-refractivity contribution is -0.141. The number of amides is 1. The molecule has 0 unspecified atom stereocenters. The van der Waals surface area contributed by atoms with E-state index in [1.165, 1.54) is 0 Å². The van der Waals surface area contributed by atoms with Gasteiger partial charge < -0.3 is 20.4 Å². The molecule has 0 bridgehead atoms. The summed E-state index contributed by atoms with van der Waals surface area (Å²) in [6, 6.07) is -1.29. The Morgan fingerprint density at radius 2 is 2.00 bits per heavy atom. The third-order valence-electron chi connectivity index (χ3n) is 2.24. The highest BCUT2D eigenvalue weighted by molar-refractivity contribution is 5.80. The largest absolute Gasteiger partial charge is 0.480 e. The molecular weight excluding hydrogens is 194 g/mol. The van der Waals surface area contributed by atoms with Crippen molar-refractivity contribution in [2.45, 2.75) is 18.1 Å². The fraction of sp³-hybridized carbons (Fsp3) is 0.714. The Morgan fingerprint density at radius 3 is 2.29 bits per heavy atom. The first-order chi connectivity index (χ1) is 6.39. The van der Waals surface area contributed by atoms with E-state index in [-0.39, 0.29) is 13.0 Å². The van der Waals surface area contributed by atoms with E-state index in [1.54, 1.807) is 0 Å². The number of hydrogen-bond acceptors (Lipinski definition) is 4. The number of rotatable bonds is 2. The van der Waals surface area contributed by atoms with Crippen molar-refractivity contribution in [1.82, 2.24) is 4.90 Å². The summed E-state index contributed by atoms with van der Waals surface area (Å²) in [6.07, 6.45) is -1.70. The standard InChI is InChI=1S/C7H11NO6/c9-3-7(14)1-4(5(10)11)8(2-7)6(12)13/h4,9,14H,1-3H2,(H,10,11)(H,12,13)/t4-,7-/m0/s1. The van der Waals surface area contributed by atoms with Gasteiger partial charge in [0.1, 0.15) is 11.6 Å². The van der Waals surface area contributed by atoms with Gasteiger partial charge in [-0.15, -0.1) is 0 Å². The van der Waals surface area contributed by atoms with Crippen molar-refractivity contribution in [3.8, 4) is 0 Å². The maximum Gasteiger partial charge on any atom is 0.408 e. The summed E-state index contributed by atoms with van der Waals surface area (Å²) < 4.78 is 0. The van der Waals surface area contributed by atoms with Crippen LogP contribution in [0.15, 0.2) is 0 Å². The molecule has 1 heterocycles. The van der Waals surface area contributed by atoms with E-state index < -0.39 is 30.3 Å². The van der Waals surface area contributed by atoms with Crippen LogP contribution in [0.25, 0.3) is 0 Å². The molecule has 1 aliphatic heterocycles. The summed E-state index contributed by atoms with van der Waals surface area (Å²) in [7, 11) is 0. The molecule has 1 saturated heterocycles. The van der Waals surface area contributed by atoms with E-state index >= 15 is 0 Å². The van der Waals surface area contributed by atoms with Crippen molar-refractivity contribution in [1.29, 1.82) is 0 Å². The number of aliphatic carboxylic acids is 1. The van der Waals surface area contributed by atoms with Crippen molar-refractivity contribution in [3.63, 3.8) is 0 Å². The van der Waals surface area contributed by atoms with Crippen LogP contribution in [-0.4, -0.2) is 62.2 Å². The Morgan fingerprint density at radius 1 is 1.43 bits per heavy atom. The molecule has 4 N–H and O–H groups in total. The zero-order chi connectivity index (χ0) is 10.9. The molecule has 1 aliphatic rings. The summed E-state index contributed by atoms with van der Waals surface area (Å²) >= 11 is 0. The van der Waals surface area contributed by atoms with Crippen LogP contribution in [0.2, 0.25) is 0 Å². The highest BCUT2D eigenvalue weighted by atomic mass is 16.4. The van der Waals surface area contributed by atoms with Gasteiger partial charge in [-0.05, 0) is 0 Å². The third kappa shape index (κ3) is 1.78. The van der Waals surface area contributed by atoms with E-state index in [0.29, 0.717) is 4.90 Å². The van der Waals surface area contributed by atoms with Gasteiger partial charge >= 0.3 is 12.1 Å². The predicted octanol–water partition coefficient (Wildman–Crippen LogP) is -1.45. The monoisotopic (exact) mass is 205 g/mol. The van der Waals surface area contributed by atoms with Gasteiger partial charge in [-0.2, -0.15) is 0 Å². The second kappa shape index (κ2) is 3.43. The minimum atomic E-state index is -1.64. The molecular formula is C7H11NO6. The summed E-state index contributed by atoms with van der Waals surface area (Å²) in [6.45, 7) is -1.03. The van der Waals surface area contributed by atoms with Crippen LogP contribution in [-0.2, 0) is 4.79 Å². The molecule has 0 radical (unpaired) electrons. The Labute approximate surface area is 79.2 Å². The summed E-state index contributed by atoms with van der Waals surface area (Å²) in [5, 5.41) is 35.6. The van der Waals surface area contributed by atoms with Crippen molar-refractivity contribution in [2.24, 2.45) is 0 Å². The summed E-state index contributed by atoms with van der Waals surface area (Å²) in [5.74, 6) is -1.32. The number of carboxylic acids is 1. The Hall–Kier alpha value is -1.34. The van der Waals surface area contributed by atoms with E-state index in [2.05, 4.69) is 0 Å². The van der Waals surface area contributed by atoms with Gasteiger partial charge in [-0.25, -0.2) is 9.59 Å². The average molecular weight is 205 g/mol. The number of carbonyl (C=O) groups is 2. The Kier molecular flexibility index (Phi) is 2.63. The fourth-order valence-corrected chi connectivity index (χ4v) is 1.50. The first-order valence-corrected chi connectivity index (χ1v) is 3.95. The van der Waals surface area contributed by atoms with Crippen molar-refractivity contribution in [2.75, 3.05) is 13.2 Å². The number of aliphatic hydroxyl groups excluding tert-OH is 1. The number of likely N-dealkylation sites (tertiary alicyclic amines) is 1. The quantitative estimate of drug-likeness (QED) is 0.438. The van der Waals surface area contributed by atoms with Crippen molar-refractivity contribution in [3.05, 3.63) is 0 Å². The minimum absolute atomic E-state index is 0.287. The number of hydrogen-bond donors (Lipinski definition) is 4. The van der Waals surface area contributed by atoms with Gasteiger partial charge in [0.25, 0.3) is 0 Å². The lowest BCUT2D eigenvalue weighted by atomic mass is 10.0. The maximum atomic E-state index is 10.6. The second-order valence-corrected chi connectivity index (χ2v) is 3.35. The molecule has 80 valence electrons. The molecule has 0 aromatic heterocycles. The van der Waals surface area contributed by atoms with Crippen molar-refractivity contribution < 1.29 is 30.0 Å². The first kappa shape index (κ1) is 10.7. The van der Waals surface area contributed by atoms with Gasteiger partial charge in [-0.1, -0.05) is 0 Å². The van der Waals surface area contributed by atoms with Crippen LogP contribution >= 0.6 is 0 Å². The SMILES string of the molecule is O=C(O)[C@@H]1C[C@@](O)(CO)CN1C(=O)O. The van der Waals surface area contributed by atoms with E-state index in [9.17, 15) is 14.7 Å². The van der Waals surface area contributed by atoms with Gasteiger partial charge in [0.05, 0.1) is 13.2 Å². The normalized spacial score (nSPS) is 31.9. The molecule has 0 saturated carbocycles. The van der Waals surface area contributed by atoms with Crippen LogP contribution < -0.4 is 0 Å². The number of carboxylic acid groups (broad SMARTS) is 2. The van der Waals surface area contributed by atoms with E-state index in [0.717, 1.165) is 0 Å². The number of aliphatic hydroxyl groups is 2. The molecule has 0 aromatic carbocycles. The molecule has 1 amide bonds. The molecule has 7 heteroatoms. The number of nitrogens with zero attached hydrogens (tertiary/aromatic N) is 1. The van der Waals surface area contributed by atoms with Crippen LogP contribution in [0.1, 0.15) is 6.42 Å². The van der Waals surface area contributed by atoms with Crippen LogP contribution in [0, 0.1) is 0 Å². The lowest BCUT2D eigenvalue weighted by Crippen LogP contribution is -2.41. The first-order valence-electron chi connectivity index (χ1n) is 3.95. The molecule has 14 heavy (non-hydrogen) atoms. The van der Waals surface area contributed by atoms with Gasteiger partial charge in [0, 0.05) is 6.42 Å². The van der Waals surface area contributed by atoms with Gasteiger partial charge in [0.15, 0.2) is 0 Å². The third-order valence-corrected chi connectivity index (χ3v) is 2.24. The second-order valence-electron chi connectivity index (χ2n) is 3.35. The molecule has 0 aliphatic carbocycles. The molecule has 2 atom stereocenters. The summed E-state index contributed by atoms with van der Waals surface area (Å²) in [5.41, 5.74) is -1.64. The Balaban J connectivity index is 2.85. The fourth-order valence-electron chi connectivity index (χ4n) is 1.50. The predicted molar refractivity (Wildman–Crippen MR) is 42.8 cm³/mol. The topological polar surface area (TPSA) is 118 Å². The smallest absolute Gasteiger partial charge is 0.408 e. The summed E-state index contributed by atoms with van der Waals surface area (Å²) in [4.78, 5) is 21.8. The van der Waals surface area contributed by atoms with E-state index in [1.807, 2.05) is 0 Å². The molecule has 1 fully saturated rings. The lowest BCUT2D eigenvalue weighted by Gasteiger charge is -2.18. The average Bonchev–Trinajstić information content (AvgIpc) is 2.45. The molecule has 0 spiro atoms.